The molecule has 0 aliphatic rings. The largest absolute Gasteiger partial charge is 0.472 e. The van der Waals surface area contributed by atoms with Gasteiger partial charge < -0.3 is 34.8 Å². The fraction of sp³-hybridized carbons (Fsp3) is 0.739. The Balaban J connectivity index is 4.52. The minimum absolute atomic E-state index is 0.00944. The summed E-state index contributed by atoms with van der Waals surface area (Å²) in [7, 11) is -4.68. The van der Waals surface area contributed by atoms with E-state index in [4.69, 9.17) is 19.1 Å². The minimum Gasteiger partial charge on any atom is -0.462 e. The number of phosphoric ester groups is 1. The van der Waals surface area contributed by atoms with Gasteiger partial charge in [-0.15, -0.1) is 0 Å². The van der Waals surface area contributed by atoms with E-state index in [0.29, 0.717) is 25.7 Å². The smallest absolute Gasteiger partial charge is 0.462 e. The van der Waals surface area contributed by atoms with Crippen LogP contribution < -0.4 is 0 Å². The van der Waals surface area contributed by atoms with E-state index in [1.54, 1.807) is 18.2 Å². The van der Waals surface area contributed by atoms with Crippen LogP contribution in [0.25, 0.3) is 0 Å². The minimum atomic E-state index is -4.68. The first-order valence-corrected chi connectivity index (χ1v) is 24.0. The molecule has 0 fully saturated rings. The highest BCUT2D eigenvalue weighted by atomic mass is 31.2. The molecule has 0 saturated carbocycles. The van der Waals surface area contributed by atoms with E-state index < -0.39 is 70.6 Å². The first kappa shape index (κ1) is 56.6. The summed E-state index contributed by atoms with van der Waals surface area (Å²) in [5.74, 6) is -1.16. The fourth-order valence-corrected chi connectivity index (χ4v) is 6.58. The molecule has 0 aliphatic heterocycles. The summed E-state index contributed by atoms with van der Waals surface area (Å²) in [6.45, 7) is 2.01. The average Bonchev–Trinajstić information content (AvgIpc) is 3.21. The van der Waals surface area contributed by atoms with Crippen LogP contribution in [0.1, 0.15) is 168 Å². The Kier molecular flexibility index (Phi) is 39.3. The van der Waals surface area contributed by atoms with E-state index in [2.05, 4.69) is 30.5 Å². The van der Waals surface area contributed by atoms with Gasteiger partial charge in [-0.25, -0.2) is 4.57 Å². The number of aliphatic hydroxyl groups is 4. The Labute approximate surface area is 356 Å². The summed E-state index contributed by atoms with van der Waals surface area (Å²) in [5, 5.41) is 38.5. The lowest BCUT2D eigenvalue weighted by atomic mass is 10.1. The number of esters is 2. The fourth-order valence-electron chi connectivity index (χ4n) is 5.79. The lowest BCUT2D eigenvalue weighted by molar-refractivity contribution is -0.161. The van der Waals surface area contributed by atoms with Crippen molar-refractivity contribution in [3.63, 3.8) is 0 Å². The number of hydrogen-bond acceptors (Lipinski definition) is 11. The molecule has 5 N–H and O–H groups in total. The maximum absolute atomic E-state index is 12.6. The van der Waals surface area contributed by atoms with Crippen LogP contribution in [0, 0.1) is 0 Å². The molecule has 12 nitrogen and oxygen atoms in total. The van der Waals surface area contributed by atoms with E-state index in [1.807, 2.05) is 30.4 Å². The standard InChI is InChI=1S/C46H81O12P/c1-3-5-7-8-9-10-11-12-13-14-15-16-17-18-22-25-29-35-46(52)58-44(40-57-59(53,54)56-38-43(50)37-47)39-55-45(51)36-30-34-42(49)33-28-24-21-19-20-23-27-32-41(48)31-26-6-4-2/h12-13,20-21,23-24,27-28,32-33,41-44,47-50H,3-11,14-19,22,25-26,29-31,34-40H2,1-2H3,(H,53,54)/b13-12-,23-20-,24-21-,32-27+,33-28+/t41-,42-,43-,44+/m0/s1. The summed E-state index contributed by atoms with van der Waals surface area (Å²) in [4.78, 5) is 35.0. The van der Waals surface area contributed by atoms with Crippen LogP contribution in [0.4, 0.5) is 0 Å². The van der Waals surface area contributed by atoms with Crippen molar-refractivity contribution in [2.45, 2.75) is 192 Å². The number of aliphatic hydroxyl groups excluding tert-OH is 4. The number of allylic oxidation sites excluding steroid dienone is 8. The summed E-state index contributed by atoms with van der Waals surface area (Å²) in [6.07, 6.45) is 38.2. The molecule has 0 bridgehead atoms. The molecule has 0 radical (unpaired) electrons. The van der Waals surface area contributed by atoms with Crippen molar-refractivity contribution in [1.29, 1.82) is 0 Å². The normalized spacial score (nSPS) is 15.4. The molecular formula is C46H81O12P. The molecule has 0 aliphatic carbocycles. The van der Waals surface area contributed by atoms with Gasteiger partial charge in [0.05, 0.1) is 32.0 Å². The van der Waals surface area contributed by atoms with Crippen LogP contribution in [0.5, 0.6) is 0 Å². The molecule has 0 saturated heterocycles. The molecule has 0 heterocycles. The summed E-state index contributed by atoms with van der Waals surface area (Å²) < 4.78 is 32.6. The maximum Gasteiger partial charge on any atom is 0.472 e. The highest BCUT2D eigenvalue weighted by Crippen LogP contribution is 2.43. The lowest BCUT2D eigenvalue weighted by Gasteiger charge is -2.20. The van der Waals surface area contributed by atoms with E-state index >= 15 is 0 Å². The zero-order valence-corrected chi connectivity index (χ0v) is 37.3. The number of unbranched alkanes of at least 4 members (excludes halogenated alkanes) is 15. The van der Waals surface area contributed by atoms with E-state index in [-0.39, 0.29) is 12.8 Å². The monoisotopic (exact) mass is 857 g/mol. The third-order valence-corrected chi connectivity index (χ3v) is 10.3. The van der Waals surface area contributed by atoms with Gasteiger partial charge >= 0.3 is 19.8 Å². The van der Waals surface area contributed by atoms with Gasteiger partial charge in [0, 0.05) is 12.8 Å². The van der Waals surface area contributed by atoms with Gasteiger partial charge in [-0.05, 0) is 57.8 Å². The Morgan fingerprint density at radius 1 is 0.576 bits per heavy atom. The average molecular weight is 857 g/mol. The van der Waals surface area contributed by atoms with Crippen LogP contribution in [-0.2, 0) is 32.7 Å². The first-order chi connectivity index (χ1) is 28.5. The summed E-state index contributed by atoms with van der Waals surface area (Å²) in [6, 6.07) is 0. The van der Waals surface area contributed by atoms with Gasteiger partial charge in [0.25, 0.3) is 0 Å². The maximum atomic E-state index is 12.6. The number of carbonyl (C=O) groups is 2. The Hall–Kier alpha value is -2.41. The summed E-state index contributed by atoms with van der Waals surface area (Å²) in [5.41, 5.74) is 0. The van der Waals surface area contributed by atoms with Crippen molar-refractivity contribution in [1.82, 2.24) is 0 Å². The van der Waals surface area contributed by atoms with Crippen molar-refractivity contribution in [2.24, 2.45) is 0 Å². The van der Waals surface area contributed by atoms with Gasteiger partial charge in [0.15, 0.2) is 6.10 Å². The predicted octanol–water partition coefficient (Wildman–Crippen LogP) is 9.83. The molecule has 13 heteroatoms. The topological polar surface area (TPSA) is 189 Å². The van der Waals surface area contributed by atoms with Crippen LogP contribution in [0.15, 0.2) is 60.8 Å². The van der Waals surface area contributed by atoms with Gasteiger partial charge in [-0.1, -0.05) is 158 Å². The highest BCUT2D eigenvalue weighted by Gasteiger charge is 2.27. The van der Waals surface area contributed by atoms with Crippen LogP contribution in [-0.4, -0.2) is 88.1 Å². The van der Waals surface area contributed by atoms with Crippen LogP contribution in [0.2, 0.25) is 0 Å². The molecule has 0 rings (SSSR count). The summed E-state index contributed by atoms with van der Waals surface area (Å²) >= 11 is 0. The number of carbonyl (C=O) groups excluding carboxylic acids is 2. The molecule has 342 valence electrons. The second-order valence-corrected chi connectivity index (χ2v) is 16.6. The zero-order chi connectivity index (χ0) is 43.7. The van der Waals surface area contributed by atoms with Crippen LogP contribution >= 0.6 is 7.82 Å². The number of phosphoric acid groups is 1. The molecular weight excluding hydrogens is 775 g/mol. The van der Waals surface area contributed by atoms with Crippen molar-refractivity contribution >= 4 is 19.8 Å². The second kappa shape index (κ2) is 41.0. The van der Waals surface area contributed by atoms with E-state index in [1.165, 1.54) is 57.8 Å². The van der Waals surface area contributed by atoms with Gasteiger partial charge in [-0.3, -0.25) is 18.6 Å². The lowest BCUT2D eigenvalue weighted by Crippen LogP contribution is -2.30. The third-order valence-electron chi connectivity index (χ3n) is 9.35. The Morgan fingerprint density at radius 3 is 1.64 bits per heavy atom. The quantitative estimate of drug-likeness (QED) is 0.0129. The number of rotatable bonds is 41. The third kappa shape index (κ3) is 40.8. The molecule has 59 heavy (non-hydrogen) atoms. The molecule has 1 unspecified atom stereocenters. The molecule has 0 aromatic rings. The molecule has 0 spiro atoms. The van der Waals surface area contributed by atoms with Crippen molar-refractivity contribution in [3.8, 4) is 0 Å². The number of hydrogen-bond donors (Lipinski definition) is 5. The van der Waals surface area contributed by atoms with Crippen LogP contribution in [0.3, 0.4) is 0 Å². The van der Waals surface area contributed by atoms with Crippen molar-refractivity contribution < 1.29 is 58.0 Å². The highest BCUT2D eigenvalue weighted by molar-refractivity contribution is 7.47. The predicted molar refractivity (Wildman–Crippen MR) is 236 cm³/mol. The molecule has 0 aromatic carbocycles. The van der Waals surface area contributed by atoms with Gasteiger partial charge in [0.1, 0.15) is 12.7 Å². The number of ether oxygens (including phenoxy) is 2. The molecule has 0 amide bonds. The van der Waals surface area contributed by atoms with E-state index in [9.17, 15) is 34.4 Å². The Bertz CT molecular complexity index is 1200. The SMILES string of the molecule is CCCCCCCC/C=C\CCCCCCCCCC(=O)O[C@H](COC(=O)CCC[C@@H](O)/C=C/C=C\C/C=C\C=C\[C@@H](O)CCCCC)COP(=O)(O)OC[C@@H](O)CO. The van der Waals surface area contributed by atoms with Gasteiger partial charge in [0.2, 0.25) is 0 Å². The van der Waals surface area contributed by atoms with Crippen molar-refractivity contribution in [3.05, 3.63) is 60.8 Å². The molecule has 5 atom stereocenters. The zero-order valence-electron chi connectivity index (χ0n) is 36.4. The van der Waals surface area contributed by atoms with Crippen molar-refractivity contribution in [2.75, 3.05) is 26.4 Å². The Morgan fingerprint density at radius 2 is 1.07 bits per heavy atom. The van der Waals surface area contributed by atoms with Gasteiger partial charge in [-0.2, -0.15) is 0 Å². The molecule has 0 aromatic heterocycles. The first-order valence-electron chi connectivity index (χ1n) is 22.5. The van der Waals surface area contributed by atoms with E-state index in [0.717, 1.165) is 57.8 Å². The second-order valence-electron chi connectivity index (χ2n) is 15.1.